The quantitative estimate of drug-likeness (QED) is 0.617. The van der Waals surface area contributed by atoms with E-state index < -0.39 is 35.5 Å². The van der Waals surface area contributed by atoms with E-state index >= 15 is 0 Å². The number of nitrogens with zero attached hydrogens (tertiary/aromatic N) is 1. The Morgan fingerprint density at radius 2 is 1.71 bits per heavy atom. The van der Waals surface area contributed by atoms with E-state index in [1.165, 1.54) is 26.2 Å². The van der Waals surface area contributed by atoms with Gasteiger partial charge in [-0.3, -0.25) is 9.59 Å². The third kappa shape index (κ3) is 4.03. The number of β-amino-alcohol motifs (C(OH)–C–C–N with tert-alkyl or cyclic N) is 1. The monoisotopic (exact) mass is 484 g/mol. The van der Waals surface area contributed by atoms with Crippen LogP contribution in [-0.2, 0) is 19.1 Å². The Morgan fingerprint density at radius 3 is 2.40 bits per heavy atom. The van der Waals surface area contributed by atoms with Crippen molar-refractivity contribution in [3.63, 3.8) is 0 Å². The molecule has 4 saturated carbocycles. The maximum Gasteiger partial charge on any atom is 0.329 e. The number of carbonyl (C=O) groups excluding carboxylic acids is 3. The third-order valence-electron chi connectivity index (χ3n) is 8.61. The topological polar surface area (TPSA) is 114 Å². The van der Waals surface area contributed by atoms with Crippen molar-refractivity contribution in [2.24, 2.45) is 23.2 Å². The smallest absolute Gasteiger partial charge is 0.329 e. The van der Waals surface area contributed by atoms with Crippen LogP contribution in [0.15, 0.2) is 18.2 Å². The molecule has 6 aliphatic rings. The zero-order chi connectivity index (χ0) is 24.3. The Labute approximate surface area is 204 Å². The second-order valence-corrected chi connectivity index (χ2v) is 11.2. The fraction of sp³-hybridized carbons (Fsp3) is 0.654. The number of hydrogen-bond donors (Lipinski definition) is 2. The predicted molar refractivity (Wildman–Crippen MR) is 123 cm³/mol. The Hall–Kier alpha value is -2.81. The first-order valence-corrected chi connectivity index (χ1v) is 12.7. The molecule has 188 valence electrons. The number of esters is 1. The van der Waals surface area contributed by atoms with Crippen LogP contribution in [0.3, 0.4) is 0 Å². The van der Waals surface area contributed by atoms with E-state index in [4.69, 9.17) is 14.2 Å². The molecule has 35 heavy (non-hydrogen) atoms. The lowest BCUT2D eigenvalue weighted by Gasteiger charge is -2.56. The number of carbonyl (C=O) groups is 3. The summed E-state index contributed by atoms with van der Waals surface area (Å²) in [6.45, 7) is 1.77. The van der Waals surface area contributed by atoms with Crippen LogP contribution in [0.2, 0.25) is 0 Å². The van der Waals surface area contributed by atoms with Gasteiger partial charge < -0.3 is 29.5 Å². The summed E-state index contributed by atoms with van der Waals surface area (Å²) in [5, 5.41) is 13.1. The molecule has 1 aromatic rings. The molecule has 2 aliphatic heterocycles. The molecule has 7 rings (SSSR count). The maximum atomic E-state index is 13.8. The molecule has 3 atom stereocenters. The van der Waals surface area contributed by atoms with E-state index in [0.717, 1.165) is 19.3 Å². The average molecular weight is 485 g/mol. The highest BCUT2D eigenvalue weighted by molar-refractivity contribution is 5.96. The number of nitrogens with one attached hydrogen (secondary N) is 1. The standard InChI is InChI=1S/C26H32N2O7/c1-14(23(30)27-18-2-3-21-22(7-18)34-13-33-21)35-24(31)20-8-19(29)12-28(20)25(32)26-9-15-4-16(10-26)6-17(5-15)11-26/h2-3,7,14-17,19-20,29H,4-6,8-13H2,1H3,(H,27,30). The number of anilines is 1. The van der Waals surface area contributed by atoms with Crippen LogP contribution in [0.4, 0.5) is 5.69 Å². The molecule has 0 spiro atoms. The van der Waals surface area contributed by atoms with Gasteiger partial charge in [-0.25, -0.2) is 4.79 Å². The summed E-state index contributed by atoms with van der Waals surface area (Å²) < 4.78 is 16.1. The SMILES string of the molecule is CC(OC(=O)C1CC(O)CN1C(=O)C12CC3CC(CC(C3)C1)C2)C(=O)Nc1ccc2c(c1)OCO2. The van der Waals surface area contributed by atoms with E-state index in [9.17, 15) is 19.5 Å². The van der Waals surface area contributed by atoms with Gasteiger partial charge in [0, 0.05) is 24.7 Å². The van der Waals surface area contributed by atoms with Crippen LogP contribution in [0.1, 0.15) is 51.9 Å². The second kappa shape index (κ2) is 8.40. The lowest BCUT2D eigenvalue weighted by Crippen LogP contribution is -2.56. The largest absolute Gasteiger partial charge is 0.454 e. The fourth-order valence-corrected chi connectivity index (χ4v) is 7.46. The van der Waals surface area contributed by atoms with E-state index in [2.05, 4.69) is 5.32 Å². The molecule has 0 radical (unpaired) electrons. The van der Waals surface area contributed by atoms with Gasteiger partial charge >= 0.3 is 5.97 Å². The molecule has 2 heterocycles. The molecular weight excluding hydrogens is 452 g/mol. The number of amides is 2. The van der Waals surface area contributed by atoms with Crippen molar-refractivity contribution >= 4 is 23.5 Å². The van der Waals surface area contributed by atoms with E-state index in [-0.39, 0.29) is 25.7 Å². The number of likely N-dealkylation sites (tertiary alicyclic amines) is 1. The van der Waals surface area contributed by atoms with Gasteiger partial charge in [-0.15, -0.1) is 0 Å². The van der Waals surface area contributed by atoms with Crippen molar-refractivity contribution < 1.29 is 33.7 Å². The molecule has 5 fully saturated rings. The predicted octanol–water partition coefficient (Wildman–Crippen LogP) is 2.46. The van der Waals surface area contributed by atoms with E-state index in [0.29, 0.717) is 34.9 Å². The van der Waals surface area contributed by atoms with Crippen LogP contribution in [0, 0.1) is 23.2 Å². The number of hydrogen-bond acceptors (Lipinski definition) is 7. The Kier molecular flexibility index (Phi) is 5.43. The van der Waals surface area contributed by atoms with Gasteiger partial charge in [0.2, 0.25) is 12.7 Å². The Morgan fingerprint density at radius 1 is 1.06 bits per heavy atom. The lowest BCUT2D eigenvalue weighted by atomic mass is 9.49. The van der Waals surface area contributed by atoms with Crippen LogP contribution < -0.4 is 14.8 Å². The minimum Gasteiger partial charge on any atom is -0.454 e. The number of fused-ring (bicyclic) bond motifs is 1. The number of aliphatic hydroxyl groups is 1. The Balaban J connectivity index is 1.11. The van der Waals surface area contributed by atoms with Gasteiger partial charge in [-0.05, 0) is 75.3 Å². The molecule has 9 heteroatoms. The molecule has 9 nitrogen and oxygen atoms in total. The summed E-state index contributed by atoms with van der Waals surface area (Å²) in [6, 6.07) is 4.15. The zero-order valence-corrected chi connectivity index (χ0v) is 19.9. The minimum absolute atomic E-state index is 0.00688. The highest BCUT2D eigenvalue weighted by Crippen LogP contribution is 2.60. The summed E-state index contributed by atoms with van der Waals surface area (Å²) in [4.78, 5) is 41.2. The van der Waals surface area contributed by atoms with Gasteiger partial charge in [-0.2, -0.15) is 0 Å². The molecule has 4 aliphatic carbocycles. The van der Waals surface area contributed by atoms with Crippen molar-refractivity contribution in [1.29, 1.82) is 0 Å². The lowest BCUT2D eigenvalue weighted by molar-refractivity contribution is -0.168. The first-order chi connectivity index (χ1) is 16.8. The van der Waals surface area contributed by atoms with Gasteiger partial charge in [0.1, 0.15) is 6.04 Å². The third-order valence-corrected chi connectivity index (χ3v) is 8.61. The average Bonchev–Trinajstić information content (AvgIpc) is 3.43. The molecular formula is C26H32N2O7. The van der Waals surface area contributed by atoms with E-state index in [1.807, 2.05) is 0 Å². The number of aliphatic hydroxyl groups excluding tert-OH is 1. The van der Waals surface area contributed by atoms with Gasteiger partial charge in [0.05, 0.1) is 11.5 Å². The number of rotatable bonds is 5. The number of benzene rings is 1. The first kappa shape index (κ1) is 22.6. The summed E-state index contributed by atoms with van der Waals surface area (Å²) >= 11 is 0. The van der Waals surface area contributed by atoms with Crippen LogP contribution in [-0.4, -0.2) is 59.4 Å². The molecule has 4 bridgehead atoms. The molecule has 3 unspecified atom stereocenters. The molecule has 0 aromatic heterocycles. The highest BCUT2D eigenvalue weighted by Gasteiger charge is 2.57. The van der Waals surface area contributed by atoms with Crippen molar-refractivity contribution in [2.75, 3.05) is 18.7 Å². The molecule has 2 N–H and O–H groups in total. The Bertz CT molecular complexity index is 1020. The summed E-state index contributed by atoms with van der Waals surface area (Å²) in [6.07, 6.45) is 4.61. The van der Waals surface area contributed by atoms with E-state index in [1.54, 1.807) is 23.1 Å². The fourth-order valence-electron chi connectivity index (χ4n) is 7.46. The number of ether oxygens (including phenoxy) is 3. The molecule has 1 saturated heterocycles. The summed E-state index contributed by atoms with van der Waals surface area (Å²) in [5.74, 6) is 1.79. The zero-order valence-electron chi connectivity index (χ0n) is 19.9. The highest BCUT2D eigenvalue weighted by atomic mass is 16.7. The molecule has 1 aromatic carbocycles. The van der Waals surface area contributed by atoms with Gasteiger partial charge in [0.15, 0.2) is 17.6 Å². The van der Waals surface area contributed by atoms with Crippen LogP contribution in [0.5, 0.6) is 11.5 Å². The minimum atomic E-state index is -1.07. The van der Waals surface area contributed by atoms with Gasteiger partial charge in [-0.1, -0.05) is 0 Å². The second-order valence-electron chi connectivity index (χ2n) is 11.2. The maximum absolute atomic E-state index is 13.8. The summed E-state index contributed by atoms with van der Waals surface area (Å²) in [7, 11) is 0. The summed E-state index contributed by atoms with van der Waals surface area (Å²) in [5.41, 5.74) is 0.0942. The van der Waals surface area contributed by atoms with Crippen molar-refractivity contribution in [3.05, 3.63) is 18.2 Å². The van der Waals surface area contributed by atoms with Crippen molar-refractivity contribution in [3.8, 4) is 11.5 Å². The van der Waals surface area contributed by atoms with Crippen molar-refractivity contribution in [1.82, 2.24) is 4.90 Å². The first-order valence-electron chi connectivity index (χ1n) is 12.7. The van der Waals surface area contributed by atoms with Gasteiger partial charge in [0.25, 0.3) is 5.91 Å². The van der Waals surface area contributed by atoms with Crippen LogP contribution >= 0.6 is 0 Å². The van der Waals surface area contributed by atoms with Crippen molar-refractivity contribution in [2.45, 2.75) is 70.1 Å². The normalized spacial score (nSPS) is 35.1. The molecule has 2 amide bonds. The van der Waals surface area contributed by atoms with Crippen LogP contribution in [0.25, 0.3) is 0 Å².